The molecule has 0 unspecified atom stereocenters. The summed E-state index contributed by atoms with van der Waals surface area (Å²) in [7, 11) is 4.23. The Morgan fingerprint density at radius 1 is 1.21 bits per heavy atom. The van der Waals surface area contributed by atoms with Crippen LogP contribution in [0.1, 0.15) is 43.2 Å². The second kappa shape index (κ2) is 9.28. The lowest BCUT2D eigenvalue weighted by Gasteiger charge is -2.43. The highest BCUT2D eigenvalue weighted by Gasteiger charge is 2.34. The van der Waals surface area contributed by atoms with Crippen LogP contribution in [0.3, 0.4) is 0 Å². The molecular formula is C19H31ClN2O2. The summed E-state index contributed by atoms with van der Waals surface area (Å²) < 4.78 is 5.69. The molecule has 1 aromatic rings. The van der Waals surface area contributed by atoms with Gasteiger partial charge in [-0.3, -0.25) is 4.79 Å². The summed E-state index contributed by atoms with van der Waals surface area (Å²) in [5.74, 6) is 0.748. The van der Waals surface area contributed by atoms with E-state index < -0.39 is 0 Å². The van der Waals surface area contributed by atoms with E-state index in [-0.39, 0.29) is 30.5 Å². The number of amides is 1. The number of nitrogens with one attached hydrogen (secondary N) is 1. The van der Waals surface area contributed by atoms with E-state index >= 15 is 0 Å². The van der Waals surface area contributed by atoms with Gasteiger partial charge in [0.1, 0.15) is 5.75 Å². The zero-order chi connectivity index (χ0) is 16.9. The molecule has 1 fully saturated rings. The van der Waals surface area contributed by atoms with E-state index in [1.807, 2.05) is 32.0 Å². The highest BCUT2D eigenvalue weighted by Crippen LogP contribution is 2.31. The van der Waals surface area contributed by atoms with Crippen molar-refractivity contribution in [1.29, 1.82) is 0 Å². The molecule has 5 heteroatoms. The Balaban J connectivity index is 0.00000288. The lowest BCUT2D eigenvalue weighted by Crippen LogP contribution is -2.54. The standard InChI is InChI=1S/C19H30N2O2.ClH/c1-15-9-8-10-17(16(15)2)23-13-18(22)20-14-19(21(3)4)11-6-5-7-12-19;/h8-10H,5-7,11-14H2,1-4H3,(H,20,22);1H. The van der Waals surface area contributed by atoms with Gasteiger partial charge in [-0.15, -0.1) is 12.4 Å². The number of halogens is 1. The predicted octanol–water partition coefficient (Wildman–Crippen LogP) is 3.48. The van der Waals surface area contributed by atoms with Crippen molar-refractivity contribution in [3.05, 3.63) is 29.3 Å². The molecule has 1 saturated carbocycles. The van der Waals surface area contributed by atoms with Crippen molar-refractivity contribution < 1.29 is 9.53 Å². The van der Waals surface area contributed by atoms with Gasteiger partial charge < -0.3 is 15.0 Å². The molecule has 0 aromatic heterocycles. The molecule has 1 aromatic carbocycles. The Labute approximate surface area is 152 Å². The van der Waals surface area contributed by atoms with Crippen LogP contribution in [0.25, 0.3) is 0 Å². The number of aryl methyl sites for hydroxylation is 1. The number of benzene rings is 1. The predicted molar refractivity (Wildman–Crippen MR) is 101 cm³/mol. The minimum Gasteiger partial charge on any atom is -0.483 e. The summed E-state index contributed by atoms with van der Waals surface area (Å²) in [6, 6.07) is 5.92. The van der Waals surface area contributed by atoms with Gasteiger partial charge in [-0.1, -0.05) is 31.4 Å². The first kappa shape index (κ1) is 20.8. The molecule has 24 heavy (non-hydrogen) atoms. The van der Waals surface area contributed by atoms with Gasteiger partial charge in [0.05, 0.1) is 0 Å². The quantitative estimate of drug-likeness (QED) is 0.850. The minimum atomic E-state index is -0.0438. The van der Waals surface area contributed by atoms with Gasteiger partial charge >= 0.3 is 0 Å². The molecule has 0 spiro atoms. The Kier molecular flexibility index (Phi) is 8.04. The Hall–Kier alpha value is -1.26. The lowest BCUT2D eigenvalue weighted by molar-refractivity contribution is -0.123. The molecule has 0 heterocycles. The van der Waals surface area contributed by atoms with E-state index in [0.717, 1.165) is 24.2 Å². The van der Waals surface area contributed by atoms with Crippen LogP contribution in [0.5, 0.6) is 5.75 Å². The zero-order valence-electron chi connectivity index (χ0n) is 15.4. The Bertz CT molecular complexity index is 540. The maximum absolute atomic E-state index is 12.2. The van der Waals surface area contributed by atoms with Crippen LogP contribution in [0.2, 0.25) is 0 Å². The maximum Gasteiger partial charge on any atom is 0.258 e. The number of carbonyl (C=O) groups is 1. The summed E-state index contributed by atoms with van der Waals surface area (Å²) in [6.07, 6.45) is 6.09. The molecule has 136 valence electrons. The van der Waals surface area contributed by atoms with Gasteiger partial charge in [-0.05, 0) is 58.0 Å². The average molecular weight is 355 g/mol. The molecule has 4 nitrogen and oxygen atoms in total. The smallest absolute Gasteiger partial charge is 0.258 e. The van der Waals surface area contributed by atoms with Gasteiger partial charge in [0.25, 0.3) is 5.91 Å². The summed E-state index contributed by atoms with van der Waals surface area (Å²) >= 11 is 0. The van der Waals surface area contributed by atoms with Crippen LogP contribution in [0.15, 0.2) is 18.2 Å². The zero-order valence-corrected chi connectivity index (χ0v) is 16.2. The summed E-state index contributed by atoms with van der Waals surface area (Å²) in [4.78, 5) is 14.4. The maximum atomic E-state index is 12.2. The van der Waals surface area contributed by atoms with E-state index in [2.05, 4.69) is 24.3 Å². The molecule has 1 aliphatic carbocycles. The van der Waals surface area contributed by atoms with Crippen LogP contribution in [0.4, 0.5) is 0 Å². The third-order valence-electron chi connectivity index (χ3n) is 5.26. The molecule has 1 amide bonds. The number of carbonyl (C=O) groups excluding carboxylic acids is 1. The minimum absolute atomic E-state index is 0. The van der Waals surface area contributed by atoms with Gasteiger partial charge in [-0.2, -0.15) is 0 Å². The Morgan fingerprint density at radius 3 is 2.50 bits per heavy atom. The average Bonchev–Trinajstić information content (AvgIpc) is 2.55. The van der Waals surface area contributed by atoms with Crippen LogP contribution < -0.4 is 10.1 Å². The first-order chi connectivity index (χ1) is 10.9. The van der Waals surface area contributed by atoms with Crippen LogP contribution in [-0.2, 0) is 4.79 Å². The molecule has 2 rings (SSSR count). The molecule has 0 atom stereocenters. The molecule has 0 bridgehead atoms. The van der Waals surface area contributed by atoms with E-state index in [4.69, 9.17) is 4.74 Å². The fraction of sp³-hybridized carbons (Fsp3) is 0.632. The first-order valence-electron chi connectivity index (χ1n) is 8.58. The normalized spacial score (nSPS) is 16.4. The van der Waals surface area contributed by atoms with Crippen molar-refractivity contribution in [3.63, 3.8) is 0 Å². The molecular weight excluding hydrogens is 324 g/mol. The highest BCUT2D eigenvalue weighted by atomic mass is 35.5. The third kappa shape index (κ3) is 5.12. The fourth-order valence-electron chi connectivity index (χ4n) is 3.33. The Morgan fingerprint density at radius 2 is 1.88 bits per heavy atom. The summed E-state index contributed by atoms with van der Waals surface area (Å²) in [6.45, 7) is 4.85. The number of hydrogen-bond acceptors (Lipinski definition) is 3. The van der Waals surface area contributed by atoms with Crippen molar-refractivity contribution in [3.8, 4) is 5.75 Å². The van der Waals surface area contributed by atoms with Gasteiger partial charge in [0, 0.05) is 12.1 Å². The van der Waals surface area contributed by atoms with Gasteiger partial charge in [0.15, 0.2) is 6.61 Å². The monoisotopic (exact) mass is 354 g/mol. The van der Waals surface area contributed by atoms with Crippen LogP contribution in [0, 0.1) is 13.8 Å². The second-order valence-corrected chi connectivity index (χ2v) is 6.94. The van der Waals surface area contributed by atoms with E-state index in [1.165, 1.54) is 24.8 Å². The van der Waals surface area contributed by atoms with E-state index in [9.17, 15) is 4.79 Å². The largest absolute Gasteiger partial charge is 0.483 e. The molecule has 0 radical (unpaired) electrons. The number of rotatable bonds is 6. The molecule has 0 saturated heterocycles. The van der Waals surface area contributed by atoms with Crippen molar-refractivity contribution >= 4 is 18.3 Å². The molecule has 0 aliphatic heterocycles. The van der Waals surface area contributed by atoms with Crippen molar-refractivity contribution in [1.82, 2.24) is 10.2 Å². The summed E-state index contributed by atoms with van der Waals surface area (Å²) in [5.41, 5.74) is 2.38. The fourth-order valence-corrected chi connectivity index (χ4v) is 3.33. The van der Waals surface area contributed by atoms with Crippen LogP contribution in [-0.4, -0.2) is 43.6 Å². The van der Waals surface area contributed by atoms with E-state index in [0.29, 0.717) is 6.54 Å². The second-order valence-electron chi connectivity index (χ2n) is 6.94. The van der Waals surface area contributed by atoms with Gasteiger partial charge in [0.2, 0.25) is 0 Å². The number of hydrogen-bond donors (Lipinski definition) is 1. The topological polar surface area (TPSA) is 41.6 Å². The van der Waals surface area contributed by atoms with Crippen molar-refractivity contribution in [2.45, 2.75) is 51.5 Å². The molecule has 1 aliphatic rings. The van der Waals surface area contributed by atoms with Crippen molar-refractivity contribution in [2.75, 3.05) is 27.2 Å². The highest BCUT2D eigenvalue weighted by molar-refractivity contribution is 5.85. The van der Waals surface area contributed by atoms with Gasteiger partial charge in [-0.25, -0.2) is 0 Å². The van der Waals surface area contributed by atoms with E-state index in [1.54, 1.807) is 0 Å². The first-order valence-corrected chi connectivity index (χ1v) is 8.58. The lowest BCUT2D eigenvalue weighted by atomic mass is 9.80. The van der Waals surface area contributed by atoms with Crippen molar-refractivity contribution in [2.24, 2.45) is 0 Å². The van der Waals surface area contributed by atoms with Crippen LogP contribution >= 0.6 is 12.4 Å². The molecule has 1 N–H and O–H groups in total. The third-order valence-corrected chi connectivity index (χ3v) is 5.26. The number of ether oxygens (including phenoxy) is 1. The number of likely N-dealkylation sites (N-methyl/N-ethyl adjacent to an activating group) is 1. The SMILES string of the molecule is Cc1cccc(OCC(=O)NCC2(N(C)C)CCCCC2)c1C.Cl. The summed E-state index contributed by atoms with van der Waals surface area (Å²) in [5, 5.41) is 3.07. The number of nitrogens with zero attached hydrogens (tertiary/aromatic N) is 1.